The van der Waals surface area contributed by atoms with Crippen LogP contribution >= 0.6 is 0 Å². The lowest BCUT2D eigenvalue weighted by Gasteiger charge is -2.09. The van der Waals surface area contributed by atoms with Crippen LogP contribution in [0.4, 0.5) is 0 Å². The van der Waals surface area contributed by atoms with E-state index in [1.165, 1.54) is 0 Å². The third-order valence-electron chi connectivity index (χ3n) is 3.92. The number of amides is 2. The van der Waals surface area contributed by atoms with Gasteiger partial charge in [-0.15, -0.1) is 0 Å². The summed E-state index contributed by atoms with van der Waals surface area (Å²) in [6.07, 6.45) is 0. The molecule has 0 unspecified atom stereocenters. The molecule has 3 aromatic rings. The molecule has 0 aliphatic heterocycles. The van der Waals surface area contributed by atoms with Gasteiger partial charge in [0.15, 0.2) is 6.61 Å². The lowest BCUT2D eigenvalue weighted by atomic mass is 10.0. The summed E-state index contributed by atoms with van der Waals surface area (Å²) in [6.45, 7) is -0.265. The van der Waals surface area contributed by atoms with Crippen molar-refractivity contribution in [2.75, 3.05) is 6.61 Å². The smallest absolute Gasteiger partial charge is 0.276 e. The van der Waals surface area contributed by atoms with Gasteiger partial charge in [-0.05, 0) is 47.5 Å². The number of nitrogens with one attached hydrogen (secondary N) is 2. The summed E-state index contributed by atoms with van der Waals surface area (Å²) >= 11 is 0. The van der Waals surface area contributed by atoms with Crippen LogP contribution in [0.15, 0.2) is 78.9 Å². The number of carbonyl (C=O) groups is 2. The number of hydrazine groups is 1. The number of nitriles is 1. The van der Waals surface area contributed by atoms with E-state index in [-0.39, 0.29) is 6.61 Å². The molecule has 6 heteroatoms. The maximum Gasteiger partial charge on any atom is 0.276 e. The van der Waals surface area contributed by atoms with Gasteiger partial charge >= 0.3 is 0 Å². The molecule has 0 aliphatic rings. The zero-order valence-corrected chi connectivity index (χ0v) is 14.9. The number of hydrogen-bond donors (Lipinski definition) is 2. The molecule has 0 spiro atoms. The van der Waals surface area contributed by atoms with E-state index >= 15 is 0 Å². The number of carbonyl (C=O) groups excluding carboxylic acids is 2. The third kappa shape index (κ3) is 4.96. The predicted octanol–water partition coefficient (Wildman–Crippen LogP) is 3.07. The highest BCUT2D eigenvalue weighted by Gasteiger charge is 2.08. The Morgan fingerprint density at radius 1 is 0.821 bits per heavy atom. The molecule has 138 valence electrons. The molecule has 2 N–H and O–H groups in total. The van der Waals surface area contributed by atoms with Crippen LogP contribution in [0.1, 0.15) is 15.9 Å². The summed E-state index contributed by atoms with van der Waals surface area (Å²) in [7, 11) is 0. The van der Waals surface area contributed by atoms with Crippen LogP contribution in [-0.4, -0.2) is 18.4 Å². The summed E-state index contributed by atoms with van der Waals surface area (Å²) in [5, 5.41) is 8.74. The molecule has 0 heterocycles. The van der Waals surface area contributed by atoms with Crippen molar-refractivity contribution in [2.45, 2.75) is 0 Å². The van der Waals surface area contributed by atoms with Crippen molar-refractivity contribution in [2.24, 2.45) is 0 Å². The van der Waals surface area contributed by atoms with Crippen LogP contribution in [-0.2, 0) is 4.79 Å². The molecular formula is C22H17N3O3. The Kier molecular flexibility index (Phi) is 6.01. The SMILES string of the molecule is N#Cc1ccc(OCC(=O)NNC(=O)c2ccc(-c3ccccc3)cc2)cc1. The Labute approximate surface area is 162 Å². The minimum absolute atomic E-state index is 0.265. The Balaban J connectivity index is 1.48. The molecular weight excluding hydrogens is 354 g/mol. The van der Waals surface area contributed by atoms with E-state index in [1.54, 1.807) is 36.4 Å². The first kappa shape index (κ1) is 18.7. The Morgan fingerprint density at radius 2 is 1.46 bits per heavy atom. The van der Waals surface area contributed by atoms with Crippen molar-refractivity contribution < 1.29 is 14.3 Å². The van der Waals surface area contributed by atoms with Gasteiger partial charge in [-0.25, -0.2) is 0 Å². The average molecular weight is 371 g/mol. The maximum absolute atomic E-state index is 12.1. The minimum atomic E-state index is -0.501. The van der Waals surface area contributed by atoms with Crippen molar-refractivity contribution in [3.8, 4) is 22.9 Å². The van der Waals surface area contributed by atoms with Crippen molar-refractivity contribution in [3.63, 3.8) is 0 Å². The number of benzene rings is 3. The van der Waals surface area contributed by atoms with Crippen LogP contribution in [0.5, 0.6) is 5.75 Å². The second-order valence-corrected chi connectivity index (χ2v) is 5.87. The van der Waals surface area contributed by atoms with E-state index in [2.05, 4.69) is 10.9 Å². The molecule has 2 amide bonds. The van der Waals surface area contributed by atoms with Gasteiger partial charge in [0.2, 0.25) is 0 Å². The lowest BCUT2D eigenvalue weighted by Crippen LogP contribution is -2.43. The Hall–Kier alpha value is -4.11. The van der Waals surface area contributed by atoms with Crippen LogP contribution in [0, 0.1) is 11.3 Å². The summed E-state index contributed by atoms with van der Waals surface area (Å²) < 4.78 is 5.30. The minimum Gasteiger partial charge on any atom is -0.484 e. The molecule has 0 aromatic heterocycles. The van der Waals surface area contributed by atoms with Gasteiger partial charge < -0.3 is 4.74 Å². The first-order chi connectivity index (χ1) is 13.7. The molecule has 6 nitrogen and oxygen atoms in total. The largest absolute Gasteiger partial charge is 0.484 e. The molecule has 28 heavy (non-hydrogen) atoms. The summed E-state index contributed by atoms with van der Waals surface area (Å²) in [4.78, 5) is 24.0. The van der Waals surface area contributed by atoms with Gasteiger partial charge in [-0.1, -0.05) is 42.5 Å². The van der Waals surface area contributed by atoms with E-state index in [9.17, 15) is 9.59 Å². The summed E-state index contributed by atoms with van der Waals surface area (Å²) in [5.74, 6) is -0.470. The van der Waals surface area contributed by atoms with Crippen molar-refractivity contribution >= 4 is 11.8 Å². The molecule has 0 fully saturated rings. The highest BCUT2D eigenvalue weighted by molar-refractivity contribution is 5.95. The number of ether oxygens (including phenoxy) is 1. The lowest BCUT2D eigenvalue weighted by molar-refractivity contribution is -0.123. The molecule has 3 aromatic carbocycles. The second-order valence-electron chi connectivity index (χ2n) is 5.87. The predicted molar refractivity (Wildman–Crippen MR) is 104 cm³/mol. The Bertz CT molecular complexity index is 992. The molecule has 0 aliphatic carbocycles. The van der Waals surface area contributed by atoms with Crippen molar-refractivity contribution in [3.05, 3.63) is 90.0 Å². The quantitative estimate of drug-likeness (QED) is 0.675. The molecule has 0 saturated carbocycles. The molecule has 3 rings (SSSR count). The first-order valence-electron chi connectivity index (χ1n) is 8.53. The molecule has 0 bridgehead atoms. The van der Waals surface area contributed by atoms with Crippen LogP contribution in [0.3, 0.4) is 0 Å². The topological polar surface area (TPSA) is 91.2 Å². The van der Waals surface area contributed by atoms with Gasteiger partial charge in [-0.2, -0.15) is 5.26 Å². The second kappa shape index (κ2) is 9.01. The van der Waals surface area contributed by atoms with E-state index in [4.69, 9.17) is 10.00 Å². The highest BCUT2D eigenvalue weighted by atomic mass is 16.5. The number of nitrogens with zero attached hydrogens (tertiary/aromatic N) is 1. The normalized spacial score (nSPS) is 9.82. The zero-order valence-electron chi connectivity index (χ0n) is 14.9. The van der Waals surface area contributed by atoms with Crippen molar-refractivity contribution in [1.29, 1.82) is 5.26 Å². The van der Waals surface area contributed by atoms with E-state index in [0.29, 0.717) is 16.9 Å². The summed E-state index contributed by atoms with van der Waals surface area (Å²) in [6, 6.07) is 25.3. The fourth-order valence-corrected chi connectivity index (χ4v) is 2.45. The third-order valence-corrected chi connectivity index (χ3v) is 3.92. The Morgan fingerprint density at radius 3 is 2.11 bits per heavy atom. The molecule has 0 radical (unpaired) electrons. The van der Waals surface area contributed by atoms with Gasteiger partial charge in [-0.3, -0.25) is 20.4 Å². The number of hydrogen-bond acceptors (Lipinski definition) is 4. The number of rotatable bonds is 5. The zero-order chi connectivity index (χ0) is 19.8. The van der Waals surface area contributed by atoms with E-state index < -0.39 is 11.8 Å². The highest BCUT2D eigenvalue weighted by Crippen LogP contribution is 2.19. The molecule has 0 atom stereocenters. The average Bonchev–Trinajstić information content (AvgIpc) is 2.77. The maximum atomic E-state index is 12.1. The summed E-state index contributed by atoms with van der Waals surface area (Å²) in [5.41, 5.74) is 7.64. The van der Waals surface area contributed by atoms with Gasteiger partial charge in [0.1, 0.15) is 5.75 Å². The van der Waals surface area contributed by atoms with Gasteiger partial charge in [0.25, 0.3) is 11.8 Å². The van der Waals surface area contributed by atoms with Crippen molar-refractivity contribution in [1.82, 2.24) is 10.9 Å². The van der Waals surface area contributed by atoms with E-state index in [0.717, 1.165) is 11.1 Å². The standard InChI is InChI=1S/C22H17N3O3/c23-14-16-6-12-20(13-7-16)28-15-21(26)24-25-22(27)19-10-8-18(9-11-19)17-4-2-1-3-5-17/h1-13H,15H2,(H,24,26)(H,25,27). The molecule has 0 saturated heterocycles. The van der Waals surface area contributed by atoms with Crippen LogP contribution < -0.4 is 15.6 Å². The van der Waals surface area contributed by atoms with Crippen LogP contribution in [0.2, 0.25) is 0 Å². The fourth-order valence-electron chi connectivity index (χ4n) is 2.45. The van der Waals surface area contributed by atoms with Gasteiger partial charge in [0.05, 0.1) is 11.6 Å². The fraction of sp³-hybridized carbons (Fsp3) is 0.0455. The van der Waals surface area contributed by atoms with E-state index in [1.807, 2.05) is 48.5 Å². The monoisotopic (exact) mass is 371 g/mol. The first-order valence-corrected chi connectivity index (χ1v) is 8.53. The van der Waals surface area contributed by atoms with Crippen LogP contribution in [0.25, 0.3) is 11.1 Å². The van der Waals surface area contributed by atoms with Gasteiger partial charge in [0, 0.05) is 5.56 Å².